The predicted molar refractivity (Wildman–Crippen MR) is 104 cm³/mol. The second-order valence-electron chi connectivity index (χ2n) is 6.16. The van der Waals surface area contributed by atoms with Crippen LogP contribution >= 0.6 is 23.2 Å². The molecule has 1 aromatic heterocycles. The number of rotatable bonds is 8. The molecule has 0 saturated heterocycles. The van der Waals surface area contributed by atoms with Crippen LogP contribution in [0.15, 0.2) is 61.2 Å². The molecule has 1 unspecified atom stereocenters. The standard InChI is InChI=1S/C20H17Cl2F3N2O2/c21-15-4-5-17(18(22)11-15)19(12-27-7-6-26-13-27)29-9-8-28-16-3-1-2-14(10-16)20(23,24)25/h1-7,10-11,13,19H,8-9,12H2. The highest BCUT2D eigenvalue weighted by Gasteiger charge is 2.30. The second-order valence-corrected chi connectivity index (χ2v) is 7.00. The number of benzene rings is 2. The molecule has 0 aliphatic rings. The normalized spacial score (nSPS) is 12.7. The fourth-order valence-electron chi connectivity index (χ4n) is 2.70. The Bertz CT molecular complexity index is 934. The van der Waals surface area contributed by atoms with Gasteiger partial charge in [0.05, 0.1) is 25.0 Å². The van der Waals surface area contributed by atoms with Gasteiger partial charge in [0.1, 0.15) is 18.5 Å². The third kappa shape index (κ3) is 6.13. The first-order chi connectivity index (χ1) is 13.8. The van der Waals surface area contributed by atoms with Crippen LogP contribution in [-0.4, -0.2) is 22.8 Å². The van der Waals surface area contributed by atoms with Crippen molar-refractivity contribution < 1.29 is 22.6 Å². The molecule has 1 heterocycles. The van der Waals surface area contributed by atoms with E-state index in [9.17, 15) is 13.2 Å². The molecule has 29 heavy (non-hydrogen) atoms. The lowest BCUT2D eigenvalue weighted by Gasteiger charge is -2.20. The summed E-state index contributed by atoms with van der Waals surface area (Å²) in [6.07, 6.45) is 0.256. The minimum Gasteiger partial charge on any atom is -0.491 e. The molecule has 0 amide bonds. The average Bonchev–Trinajstić information content (AvgIpc) is 3.17. The van der Waals surface area contributed by atoms with Crippen molar-refractivity contribution in [2.75, 3.05) is 13.2 Å². The number of hydrogen-bond acceptors (Lipinski definition) is 3. The van der Waals surface area contributed by atoms with Crippen molar-refractivity contribution >= 4 is 23.2 Å². The first-order valence-corrected chi connectivity index (χ1v) is 9.41. The zero-order valence-electron chi connectivity index (χ0n) is 15.1. The van der Waals surface area contributed by atoms with Gasteiger partial charge in [-0.3, -0.25) is 0 Å². The van der Waals surface area contributed by atoms with Gasteiger partial charge in [0, 0.05) is 28.0 Å². The van der Waals surface area contributed by atoms with Gasteiger partial charge < -0.3 is 14.0 Å². The number of nitrogens with zero attached hydrogens (tertiary/aromatic N) is 2. The van der Waals surface area contributed by atoms with Gasteiger partial charge in [0.2, 0.25) is 0 Å². The number of halogens is 5. The molecular formula is C20H17Cl2F3N2O2. The maximum atomic E-state index is 12.8. The highest BCUT2D eigenvalue weighted by atomic mass is 35.5. The molecule has 4 nitrogen and oxygen atoms in total. The Morgan fingerprint density at radius 1 is 1.07 bits per heavy atom. The van der Waals surface area contributed by atoms with E-state index in [0.717, 1.165) is 17.7 Å². The summed E-state index contributed by atoms with van der Waals surface area (Å²) < 4.78 is 51.5. The SMILES string of the molecule is FC(F)(F)c1cccc(OCCOC(Cn2ccnc2)c2ccc(Cl)cc2Cl)c1. The summed E-state index contributed by atoms with van der Waals surface area (Å²) in [5.74, 6) is 0.124. The molecule has 1 atom stereocenters. The minimum atomic E-state index is -4.42. The molecule has 2 aromatic carbocycles. The van der Waals surface area contributed by atoms with E-state index in [1.54, 1.807) is 36.9 Å². The molecule has 0 saturated carbocycles. The van der Waals surface area contributed by atoms with E-state index < -0.39 is 17.8 Å². The molecule has 0 radical (unpaired) electrons. The molecule has 0 N–H and O–H groups in total. The smallest absolute Gasteiger partial charge is 0.416 e. The monoisotopic (exact) mass is 444 g/mol. The Morgan fingerprint density at radius 3 is 2.59 bits per heavy atom. The van der Waals surface area contributed by atoms with Crippen molar-refractivity contribution in [1.82, 2.24) is 9.55 Å². The van der Waals surface area contributed by atoms with Crippen molar-refractivity contribution in [1.29, 1.82) is 0 Å². The molecule has 0 bridgehead atoms. The fraction of sp³-hybridized carbons (Fsp3) is 0.250. The van der Waals surface area contributed by atoms with Gasteiger partial charge in [-0.05, 0) is 30.3 Å². The molecule has 0 aliphatic carbocycles. The summed E-state index contributed by atoms with van der Waals surface area (Å²) in [5.41, 5.74) is -0.0225. The molecule has 0 aliphatic heterocycles. The summed E-state index contributed by atoms with van der Waals surface area (Å²) >= 11 is 12.3. The van der Waals surface area contributed by atoms with E-state index in [2.05, 4.69) is 4.98 Å². The maximum absolute atomic E-state index is 12.8. The number of imidazole rings is 1. The fourth-order valence-corrected chi connectivity index (χ4v) is 3.23. The summed E-state index contributed by atoms with van der Waals surface area (Å²) in [4.78, 5) is 4.01. The number of hydrogen-bond donors (Lipinski definition) is 0. The Kier molecular flexibility index (Phi) is 7.05. The Balaban J connectivity index is 1.63. The lowest BCUT2D eigenvalue weighted by atomic mass is 10.1. The van der Waals surface area contributed by atoms with Crippen LogP contribution in [0.5, 0.6) is 5.75 Å². The third-order valence-electron chi connectivity index (χ3n) is 4.08. The summed E-state index contributed by atoms with van der Waals surface area (Å²) in [6, 6.07) is 9.84. The second kappa shape index (κ2) is 9.52. The van der Waals surface area contributed by atoms with Gasteiger partial charge in [-0.1, -0.05) is 35.3 Å². The van der Waals surface area contributed by atoms with Gasteiger partial charge in [-0.25, -0.2) is 4.98 Å². The molecule has 0 fully saturated rings. The van der Waals surface area contributed by atoms with Crippen LogP contribution in [0, 0.1) is 0 Å². The topological polar surface area (TPSA) is 36.3 Å². The van der Waals surface area contributed by atoms with Gasteiger partial charge in [0.25, 0.3) is 0 Å². The summed E-state index contributed by atoms with van der Waals surface area (Å²) in [7, 11) is 0. The molecule has 3 rings (SSSR count). The first-order valence-electron chi connectivity index (χ1n) is 8.65. The Hall–Kier alpha value is -2.22. The van der Waals surface area contributed by atoms with E-state index >= 15 is 0 Å². The lowest BCUT2D eigenvalue weighted by Crippen LogP contribution is -2.16. The largest absolute Gasteiger partial charge is 0.491 e. The maximum Gasteiger partial charge on any atom is 0.416 e. The van der Waals surface area contributed by atoms with Gasteiger partial charge >= 0.3 is 6.18 Å². The van der Waals surface area contributed by atoms with Crippen molar-refractivity contribution in [3.8, 4) is 5.75 Å². The van der Waals surface area contributed by atoms with Crippen LogP contribution in [0.2, 0.25) is 10.0 Å². The summed E-state index contributed by atoms with van der Waals surface area (Å²) in [5, 5.41) is 0.967. The van der Waals surface area contributed by atoms with Crippen LogP contribution in [0.4, 0.5) is 13.2 Å². The molecular weight excluding hydrogens is 428 g/mol. The average molecular weight is 445 g/mol. The zero-order valence-corrected chi connectivity index (χ0v) is 16.6. The van der Waals surface area contributed by atoms with Gasteiger partial charge in [0.15, 0.2) is 0 Å². The highest BCUT2D eigenvalue weighted by molar-refractivity contribution is 6.35. The lowest BCUT2D eigenvalue weighted by molar-refractivity contribution is -0.137. The Morgan fingerprint density at radius 2 is 1.90 bits per heavy atom. The number of alkyl halides is 3. The van der Waals surface area contributed by atoms with Crippen molar-refractivity contribution in [3.05, 3.63) is 82.4 Å². The van der Waals surface area contributed by atoms with Crippen molar-refractivity contribution in [3.63, 3.8) is 0 Å². The van der Waals surface area contributed by atoms with Gasteiger partial charge in [-0.15, -0.1) is 0 Å². The number of ether oxygens (including phenoxy) is 2. The van der Waals surface area contributed by atoms with E-state index in [1.165, 1.54) is 12.1 Å². The predicted octanol–water partition coefficient (Wildman–Crippen LogP) is 6.05. The van der Waals surface area contributed by atoms with Crippen molar-refractivity contribution in [2.45, 2.75) is 18.8 Å². The summed E-state index contributed by atoms with van der Waals surface area (Å²) in [6.45, 7) is 0.673. The van der Waals surface area contributed by atoms with E-state index in [0.29, 0.717) is 16.6 Å². The van der Waals surface area contributed by atoms with E-state index in [1.807, 2.05) is 4.57 Å². The van der Waals surface area contributed by atoms with Crippen LogP contribution in [0.1, 0.15) is 17.2 Å². The van der Waals surface area contributed by atoms with Crippen molar-refractivity contribution in [2.24, 2.45) is 0 Å². The Labute approximate surface area is 175 Å². The number of aromatic nitrogens is 2. The van der Waals surface area contributed by atoms with E-state index in [-0.39, 0.29) is 19.0 Å². The molecule has 0 spiro atoms. The zero-order chi connectivity index (χ0) is 20.9. The third-order valence-corrected chi connectivity index (χ3v) is 4.64. The first kappa shape index (κ1) is 21.5. The van der Waals surface area contributed by atoms with Crippen LogP contribution in [0.3, 0.4) is 0 Å². The van der Waals surface area contributed by atoms with Crippen LogP contribution < -0.4 is 4.74 Å². The van der Waals surface area contributed by atoms with Gasteiger partial charge in [-0.2, -0.15) is 13.2 Å². The molecule has 3 aromatic rings. The van der Waals surface area contributed by atoms with Crippen LogP contribution in [0.25, 0.3) is 0 Å². The van der Waals surface area contributed by atoms with Crippen LogP contribution in [-0.2, 0) is 17.5 Å². The highest BCUT2D eigenvalue weighted by Crippen LogP contribution is 2.32. The minimum absolute atomic E-state index is 0.0763. The quantitative estimate of drug-likeness (QED) is 0.397. The molecule has 154 valence electrons. The van der Waals surface area contributed by atoms with E-state index in [4.69, 9.17) is 32.7 Å². The molecule has 9 heteroatoms.